The van der Waals surface area contributed by atoms with E-state index < -0.39 is 0 Å². The van der Waals surface area contributed by atoms with Gasteiger partial charge in [0.2, 0.25) is 0 Å². The van der Waals surface area contributed by atoms with Crippen LogP contribution in [0.2, 0.25) is 0 Å². The number of carbonyl (C=O) groups is 1. The van der Waals surface area contributed by atoms with E-state index >= 15 is 0 Å². The third-order valence-electron chi connectivity index (χ3n) is 2.01. The van der Waals surface area contributed by atoms with Crippen LogP contribution in [-0.4, -0.2) is 15.7 Å². The summed E-state index contributed by atoms with van der Waals surface area (Å²) in [6.45, 7) is 0.311. The van der Waals surface area contributed by atoms with Crippen LogP contribution in [-0.2, 0) is 6.54 Å². The van der Waals surface area contributed by atoms with Crippen molar-refractivity contribution >= 4 is 27.7 Å². The average molecular weight is 254 g/mol. The monoisotopic (exact) mass is 253 g/mol. The molecule has 0 aliphatic rings. The summed E-state index contributed by atoms with van der Waals surface area (Å²) < 4.78 is 2.66. The number of nitrogens with zero attached hydrogens (tertiary/aromatic N) is 2. The normalized spacial score (nSPS) is 10.7. The van der Waals surface area contributed by atoms with E-state index in [1.165, 1.54) is 0 Å². The number of nitrogens with two attached hydrogens (primary N) is 1. The van der Waals surface area contributed by atoms with Gasteiger partial charge in [-0.3, -0.25) is 4.79 Å². The smallest absolute Gasteiger partial charge is 0.170 e. The summed E-state index contributed by atoms with van der Waals surface area (Å²) in [4.78, 5) is 14.9. The van der Waals surface area contributed by atoms with Crippen LogP contribution in [0.1, 0.15) is 16.3 Å². The molecule has 0 saturated heterocycles. The predicted molar refractivity (Wildman–Crippen MR) is 56.2 cm³/mol. The van der Waals surface area contributed by atoms with Crippen LogP contribution < -0.4 is 5.73 Å². The SMILES string of the molecule is NCc1nc(C=O)c2c(Br)cccn12. The van der Waals surface area contributed by atoms with Crippen molar-refractivity contribution in [2.45, 2.75) is 6.54 Å². The highest BCUT2D eigenvalue weighted by Gasteiger charge is 2.10. The third kappa shape index (κ3) is 1.25. The zero-order chi connectivity index (χ0) is 10.1. The quantitative estimate of drug-likeness (QED) is 0.823. The Bertz CT molecular complexity index is 492. The summed E-state index contributed by atoms with van der Waals surface area (Å²) in [5.41, 5.74) is 6.70. The molecule has 2 N–H and O–H groups in total. The van der Waals surface area contributed by atoms with Gasteiger partial charge in [0, 0.05) is 10.7 Å². The van der Waals surface area contributed by atoms with Crippen molar-refractivity contribution in [1.82, 2.24) is 9.38 Å². The van der Waals surface area contributed by atoms with Gasteiger partial charge in [0.1, 0.15) is 11.5 Å². The van der Waals surface area contributed by atoms with E-state index in [4.69, 9.17) is 5.73 Å². The first-order chi connectivity index (χ1) is 6.77. The lowest BCUT2D eigenvalue weighted by Gasteiger charge is -1.98. The van der Waals surface area contributed by atoms with E-state index in [0.717, 1.165) is 16.3 Å². The van der Waals surface area contributed by atoms with Crippen LogP contribution in [0.5, 0.6) is 0 Å². The highest BCUT2D eigenvalue weighted by molar-refractivity contribution is 9.10. The summed E-state index contributed by atoms with van der Waals surface area (Å²) in [6, 6.07) is 3.73. The predicted octanol–water partition coefficient (Wildman–Crippen LogP) is 1.37. The Labute approximate surface area is 88.9 Å². The van der Waals surface area contributed by atoms with Gasteiger partial charge in [-0.2, -0.15) is 0 Å². The molecule has 0 amide bonds. The molecule has 0 saturated carbocycles. The number of hydrogen-bond acceptors (Lipinski definition) is 3. The molecule has 2 rings (SSSR count). The summed E-state index contributed by atoms with van der Waals surface area (Å²) >= 11 is 3.37. The number of halogens is 1. The fraction of sp³-hybridized carbons (Fsp3) is 0.111. The molecule has 0 bridgehead atoms. The van der Waals surface area contributed by atoms with E-state index in [1.807, 2.05) is 22.7 Å². The summed E-state index contributed by atoms with van der Waals surface area (Å²) in [6.07, 6.45) is 2.57. The minimum absolute atomic E-state index is 0.311. The first kappa shape index (κ1) is 9.36. The zero-order valence-corrected chi connectivity index (χ0v) is 8.86. The average Bonchev–Trinajstić information content (AvgIpc) is 2.57. The van der Waals surface area contributed by atoms with E-state index in [9.17, 15) is 4.79 Å². The number of pyridine rings is 1. The maximum atomic E-state index is 10.8. The van der Waals surface area contributed by atoms with E-state index in [-0.39, 0.29) is 0 Å². The van der Waals surface area contributed by atoms with Gasteiger partial charge >= 0.3 is 0 Å². The standard InChI is InChI=1S/C9H8BrN3O/c10-6-2-1-3-13-8(4-11)12-7(5-14)9(6)13/h1-3,5H,4,11H2. The summed E-state index contributed by atoms with van der Waals surface area (Å²) in [7, 11) is 0. The highest BCUT2D eigenvalue weighted by Crippen LogP contribution is 2.21. The maximum Gasteiger partial charge on any atom is 0.170 e. The largest absolute Gasteiger partial charge is 0.324 e. The lowest BCUT2D eigenvalue weighted by Crippen LogP contribution is -2.02. The summed E-state index contributed by atoms with van der Waals surface area (Å²) in [5.74, 6) is 0.684. The molecule has 0 aromatic carbocycles. The zero-order valence-electron chi connectivity index (χ0n) is 7.27. The Hall–Kier alpha value is -1.20. The molecule has 4 nitrogen and oxygen atoms in total. The van der Waals surface area contributed by atoms with Crippen molar-refractivity contribution in [2.75, 3.05) is 0 Å². The van der Waals surface area contributed by atoms with Gasteiger partial charge in [0.05, 0.1) is 12.1 Å². The molecule has 0 unspecified atom stereocenters. The molecular formula is C9H8BrN3O. The molecule has 2 heterocycles. The lowest BCUT2D eigenvalue weighted by atomic mass is 10.3. The Kier molecular flexibility index (Phi) is 2.35. The molecule has 2 aromatic heterocycles. The number of rotatable bonds is 2. The minimum Gasteiger partial charge on any atom is -0.324 e. The second-order valence-corrected chi connectivity index (χ2v) is 3.66. The summed E-state index contributed by atoms with van der Waals surface area (Å²) in [5, 5.41) is 0. The minimum atomic E-state index is 0.311. The van der Waals surface area contributed by atoms with Crippen LogP contribution >= 0.6 is 15.9 Å². The van der Waals surface area contributed by atoms with E-state index in [2.05, 4.69) is 20.9 Å². The number of aldehydes is 1. The molecular weight excluding hydrogens is 246 g/mol. The second-order valence-electron chi connectivity index (χ2n) is 2.81. The molecule has 0 spiro atoms. The van der Waals surface area contributed by atoms with Gasteiger partial charge in [-0.25, -0.2) is 4.98 Å². The van der Waals surface area contributed by atoms with Crippen LogP contribution in [0.25, 0.3) is 5.52 Å². The number of fused-ring (bicyclic) bond motifs is 1. The first-order valence-electron chi connectivity index (χ1n) is 4.08. The fourth-order valence-electron chi connectivity index (χ4n) is 1.41. The number of imidazole rings is 1. The van der Waals surface area contributed by atoms with Crippen LogP contribution in [0.3, 0.4) is 0 Å². The van der Waals surface area contributed by atoms with Crippen molar-refractivity contribution in [3.8, 4) is 0 Å². The van der Waals surface area contributed by atoms with Crippen molar-refractivity contribution in [1.29, 1.82) is 0 Å². The number of hydrogen-bond donors (Lipinski definition) is 1. The molecule has 0 fully saturated rings. The molecule has 0 radical (unpaired) electrons. The molecule has 2 aromatic rings. The first-order valence-corrected chi connectivity index (χ1v) is 4.88. The van der Waals surface area contributed by atoms with Crippen LogP contribution in [0.15, 0.2) is 22.8 Å². The third-order valence-corrected chi connectivity index (χ3v) is 2.65. The fourth-order valence-corrected chi connectivity index (χ4v) is 1.96. The number of aromatic nitrogens is 2. The second kappa shape index (κ2) is 3.51. The maximum absolute atomic E-state index is 10.8. The Balaban J connectivity index is 2.89. The van der Waals surface area contributed by atoms with Gasteiger partial charge < -0.3 is 10.1 Å². The van der Waals surface area contributed by atoms with E-state index in [0.29, 0.717) is 18.1 Å². The van der Waals surface area contributed by atoms with Crippen LogP contribution in [0.4, 0.5) is 0 Å². The van der Waals surface area contributed by atoms with Gasteiger partial charge in [-0.05, 0) is 28.1 Å². The van der Waals surface area contributed by atoms with Crippen molar-refractivity contribution in [3.05, 3.63) is 34.3 Å². The van der Waals surface area contributed by atoms with Gasteiger partial charge in [-0.1, -0.05) is 0 Å². The van der Waals surface area contributed by atoms with Gasteiger partial charge in [0.25, 0.3) is 0 Å². The molecule has 0 atom stereocenters. The molecule has 5 heteroatoms. The molecule has 72 valence electrons. The van der Waals surface area contributed by atoms with E-state index in [1.54, 1.807) is 0 Å². The molecule has 0 aliphatic heterocycles. The van der Waals surface area contributed by atoms with Crippen LogP contribution in [0, 0.1) is 0 Å². The van der Waals surface area contributed by atoms with Crippen molar-refractivity contribution < 1.29 is 4.79 Å². The highest BCUT2D eigenvalue weighted by atomic mass is 79.9. The molecule has 14 heavy (non-hydrogen) atoms. The molecule has 0 aliphatic carbocycles. The Morgan fingerprint density at radius 1 is 1.64 bits per heavy atom. The van der Waals surface area contributed by atoms with Crippen molar-refractivity contribution in [2.24, 2.45) is 5.73 Å². The topological polar surface area (TPSA) is 60.4 Å². The van der Waals surface area contributed by atoms with Gasteiger partial charge in [0.15, 0.2) is 6.29 Å². The Morgan fingerprint density at radius 2 is 2.43 bits per heavy atom. The van der Waals surface area contributed by atoms with Crippen molar-refractivity contribution in [3.63, 3.8) is 0 Å². The van der Waals surface area contributed by atoms with Gasteiger partial charge in [-0.15, -0.1) is 0 Å². The number of carbonyl (C=O) groups excluding carboxylic acids is 1. The Morgan fingerprint density at radius 3 is 3.07 bits per heavy atom. The lowest BCUT2D eigenvalue weighted by molar-refractivity contribution is 0.112.